The minimum absolute atomic E-state index is 0. The van der Waals surface area contributed by atoms with Crippen molar-refractivity contribution in [1.29, 1.82) is 0 Å². The third kappa shape index (κ3) is 4.15. The fourth-order valence-electron chi connectivity index (χ4n) is 0.338. The molecule has 0 spiro atoms. The van der Waals surface area contributed by atoms with Gasteiger partial charge in [0, 0.05) is 18.9 Å². The Kier molecular flexibility index (Phi) is 5.48. The molecule has 0 amide bonds. The van der Waals surface area contributed by atoms with Crippen LogP contribution in [0, 0.1) is 0 Å². The molecule has 0 aliphatic rings. The van der Waals surface area contributed by atoms with Crippen molar-refractivity contribution in [1.82, 2.24) is 0 Å². The van der Waals surface area contributed by atoms with Gasteiger partial charge in [0.1, 0.15) is 0 Å². The standard InChI is InChI=1S/C3H2F6O4S2.Li/c4-2(5,6)14(10,11)1-15(12,13)3(7,8)9;/h1H2;. The quantitative estimate of drug-likeness (QED) is 0.545. The van der Waals surface area contributed by atoms with Gasteiger partial charge in [-0.25, -0.2) is 16.8 Å². The predicted octanol–water partition coefficient (Wildman–Crippen LogP) is 0.432. The first-order chi connectivity index (χ1) is 6.21. The van der Waals surface area contributed by atoms with E-state index in [1.807, 2.05) is 0 Å². The Hall–Kier alpha value is 0.0774. The summed E-state index contributed by atoms with van der Waals surface area (Å²) in [6, 6.07) is 0. The second kappa shape index (κ2) is 4.75. The van der Waals surface area contributed by atoms with E-state index in [0.717, 1.165) is 0 Å². The van der Waals surface area contributed by atoms with E-state index in [9.17, 15) is 43.2 Å². The molecule has 0 aliphatic carbocycles. The van der Waals surface area contributed by atoms with Gasteiger partial charge in [-0.15, -0.1) is 0 Å². The van der Waals surface area contributed by atoms with Crippen LogP contribution in [-0.2, 0) is 19.7 Å². The van der Waals surface area contributed by atoms with Gasteiger partial charge in [-0.05, 0) is 0 Å². The summed E-state index contributed by atoms with van der Waals surface area (Å²) in [4.78, 5) is 0. The number of hydrogen-bond acceptors (Lipinski definition) is 4. The van der Waals surface area contributed by atoms with Crippen LogP contribution in [0.15, 0.2) is 0 Å². The Morgan fingerprint density at radius 3 is 1.00 bits per heavy atom. The molecule has 0 saturated carbocycles. The van der Waals surface area contributed by atoms with E-state index in [-0.39, 0.29) is 18.9 Å². The molecule has 0 fully saturated rings. The summed E-state index contributed by atoms with van der Waals surface area (Å²) in [5.74, 6) is 0. The normalized spacial score (nSPS) is 14.4. The fourth-order valence-corrected chi connectivity index (χ4v) is 3.04. The van der Waals surface area contributed by atoms with Gasteiger partial charge in [-0.1, -0.05) is 0 Å². The van der Waals surface area contributed by atoms with Gasteiger partial charge in [-0.3, -0.25) is 0 Å². The topological polar surface area (TPSA) is 68.3 Å². The van der Waals surface area contributed by atoms with Gasteiger partial charge in [0.15, 0.2) is 5.08 Å². The SMILES string of the molecule is O=S(=O)(CS(=O)(=O)C(F)(F)F)C(F)(F)F.[Li]. The maximum Gasteiger partial charge on any atom is 0.498 e. The first kappa shape index (κ1) is 18.4. The summed E-state index contributed by atoms with van der Waals surface area (Å²) < 4.78 is 110. The molecule has 0 unspecified atom stereocenters. The van der Waals surface area contributed by atoms with Crippen molar-refractivity contribution in [2.24, 2.45) is 0 Å². The van der Waals surface area contributed by atoms with E-state index in [1.165, 1.54) is 0 Å². The van der Waals surface area contributed by atoms with Gasteiger partial charge in [0.05, 0.1) is 0 Å². The second-order valence-corrected chi connectivity index (χ2v) is 6.57. The predicted molar refractivity (Wildman–Crippen MR) is 40.6 cm³/mol. The molecule has 0 atom stereocenters. The molecule has 93 valence electrons. The third-order valence-corrected chi connectivity index (χ3v) is 4.91. The van der Waals surface area contributed by atoms with Crippen LogP contribution in [-0.4, -0.2) is 51.8 Å². The minimum atomic E-state index is -6.35. The van der Waals surface area contributed by atoms with Crippen molar-refractivity contribution in [3.8, 4) is 0 Å². The van der Waals surface area contributed by atoms with Crippen molar-refractivity contribution < 1.29 is 43.2 Å². The number of hydrogen-bond donors (Lipinski definition) is 0. The Labute approximate surface area is 98.0 Å². The van der Waals surface area contributed by atoms with Crippen molar-refractivity contribution in [3.05, 3.63) is 0 Å². The maximum absolute atomic E-state index is 11.5. The van der Waals surface area contributed by atoms with E-state index >= 15 is 0 Å². The van der Waals surface area contributed by atoms with Crippen LogP contribution < -0.4 is 0 Å². The van der Waals surface area contributed by atoms with Crippen molar-refractivity contribution in [3.63, 3.8) is 0 Å². The molecule has 0 aromatic carbocycles. The minimum Gasteiger partial charge on any atom is -0.218 e. The molecular formula is C3H2F6LiO4S2. The molecule has 0 aromatic heterocycles. The number of halogens is 6. The second-order valence-electron chi connectivity index (χ2n) is 2.24. The fraction of sp³-hybridized carbons (Fsp3) is 1.00. The van der Waals surface area contributed by atoms with E-state index in [4.69, 9.17) is 0 Å². The molecule has 16 heavy (non-hydrogen) atoms. The van der Waals surface area contributed by atoms with Crippen LogP contribution in [0.2, 0.25) is 0 Å². The zero-order valence-electron chi connectivity index (χ0n) is 7.42. The zero-order valence-corrected chi connectivity index (χ0v) is 9.06. The van der Waals surface area contributed by atoms with Crippen LogP contribution in [0.3, 0.4) is 0 Å². The molecule has 0 heterocycles. The van der Waals surface area contributed by atoms with Gasteiger partial charge in [0.25, 0.3) is 19.7 Å². The van der Waals surface area contributed by atoms with Gasteiger partial charge >= 0.3 is 11.0 Å². The molecule has 4 nitrogen and oxygen atoms in total. The van der Waals surface area contributed by atoms with Gasteiger partial charge in [0.2, 0.25) is 0 Å². The summed E-state index contributed by atoms with van der Waals surface area (Å²) in [7, 11) is -12.7. The Balaban J connectivity index is 0. The van der Waals surface area contributed by atoms with Crippen LogP contribution in [0.4, 0.5) is 26.3 Å². The van der Waals surface area contributed by atoms with Crippen LogP contribution in [0.5, 0.6) is 0 Å². The summed E-state index contributed by atoms with van der Waals surface area (Å²) in [5, 5.41) is -3.03. The Bertz CT molecular complexity index is 387. The molecule has 0 bridgehead atoms. The van der Waals surface area contributed by atoms with E-state index in [1.54, 1.807) is 0 Å². The number of rotatable bonds is 2. The smallest absolute Gasteiger partial charge is 0.218 e. The maximum atomic E-state index is 11.5. The van der Waals surface area contributed by atoms with Crippen LogP contribution >= 0.6 is 0 Å². The van der Waals surface area contributed by atoms with Crippen molar-refractivity contribution in [2.75, 3.05) is 5.08 Å². The summed E-state index contributed by atoms with van der Waals surface area (Å²) in [5.41, 5.74) is -12.1. The molecule has 1 radical (unpaired) electrons. The summed E-state index contributed by atoms with van der Waals surface area (Å²) in [6.07, 6.45) is 0. The molecule has 0 aromatic rings. The van der Waals surface area contributed by atoms with Gasteiger partial charge < -0.3 is 0 Å². The Morgan fingerprint density at radius 1 is 0.688 bits per heavy atom. The summed E-state index contributed by atoms with van der Waals surface area (Å²) >= 11 is 0. The summed E-state index contributed by atoms with van der Waals surface area (Å²) in [6.45, 7) is 0. The van der Waals surface area contributed by atoms with Crippen LogP contribution in [0.25, 0.3) is 0 Å². The average molecular weight is 287 g/mol. The zero-order chi connectivity index (χ0) is 12.7. The third-order valence-electron chi connectivity index (χ3n) is 1.02. The first-order valence-electron chi connectivity index (χ1n) is 2.79. The molecule has 0 rings (SSSR count). The van der Waals surface area contributed by atoms with Gasteiger partial charge in [-0.2, -0.15) is 26.3 Å². The molecule has 0 aliphatic heterocycles. The molecule has 13 heteroatoms. The monoisotopic (exact) mass is 287 g/mol. The first-order valence-corrected chi connectivity index (χ1v) is 6.09. The van der Waals surface area contributed by atoms with Crippen LogP contribution in [0.1, 0.15) is 0 Å². The van der Waals surface area contributed by atoms with Crippen molar-refractivity contribution >= 4 is 38.5 Å². The largest absolute Gasteiger partial charge is 0.498 e. The molecule has 0 saturated heterocycles. The van der Waals surface area contributed by atoms with Crippen molar-refractivity contribution in [2.45, 2.75) is 11.0 Å². The van der Waals surface area contributed by atoms with E-state index < -0.39 is 35.8 Å². The molecular weight excluding hydrogens is 285 g/mol. The van der Waals surface area contributed by atoms with E-state index in [2.05, 4.69) is 0 Å². The number of sulfone groups is 2. The molecule has 0 N–H and O–H groups in total. The Morgan fingerprint density at radius 2 is 0.875 bits per heavy atom. The number of alkyl halides is 6. The average Bonchev–Trinajstić information content (AvgIpc) is 1.77. The van der Waals surface area contributed by atoms with E-state index in [0.29, 0.717) is 0 Å².